The van der Waals surface area contributed by atoms with Gasteiger partial charge in [-0.05, 0) is 44.0 Å². The number of rotatable bonds is 7. The lowest BCUT2D eigenvalue weighted by molar-refractivity contribution is -0.116. The average Bonchev–Trinajstić information content (AvgIpc) is 3.23. The summed E-state index contributed by atoms with van der Waals surface area (Å²) in [6, 6.07) is 13.2. The molecule has 0 atom stereocenters. The summed E-state index contributed by atoms with van der Waals surface area (Å²) in [5, 5.41) is 2.83. The first-order chi connectivity index (χ1) is 13.8. The topological polar surface area (TPSA) is 86.8 Å². The Morgan fingerprint density at radius 1 is 1.03 bits per heavy atom. The fourth-order valence-electron chi connectivity index (χ4n) is 3.33. The highest BCUT2D eigenvalue weighted by molar-refractivity contribution is 7.89. The van der Waals surface area contributed by atoms with Gasteiger partial charge in [0.05, 0.1) is 22.8 Å². The van der Waals surface area contributed by atoms with Gasteiger partial charge in [0.1, 0.15) is 0 Å². The third-order valence-corrected chi connectivity index (χ3v) is 6.78. The minimum Gasteiger partial charge on any atom is -0.370 e. The number of nitrogens with zero attached hydrogens (tertiary/aromatic N) is 2. The van der Waals surface area contributed by atoms with Crippen molar-refractivity contribution < 1.29 is 18.0 Å². The molecule has 1 N–H and O–H groups in total. The molecule has 3 rings (SSSR count). The number of hydrogen-bond acceptors (Lipinski definition) is 5. The number of likely N-dealkylation sites (N-methyl/N-ethyl adjacent to an activating group) is 1. The summed E-state index contributed by atoms with van der Waals surface area (Å²) in [4.78, 5) is 26.1. The molecule has 1 aliphatic rings. The van der Waals surface area contributed by atoms with Crippen molar-refractivity contribution in [2.75, 3.05) is 36.9 Å². The molecular weight excluding hydrogens is 390 g/mol. The predicted octanol–water partition coefficient (Wildman–Crippen LogP) is 2.75. The quantitative estimate of drug-likeness (QED) is 0.703. The summed E-state index contributed by atoms with van der Waals surface area (Å²) < 4.78 is 26.5. The number of benzene rings is 2. The van der Waals surface area contributed by atoms with Crippen molar-refractivity contribution in [3.8, 4) is 0 Å². The molecule has 2 aromatic carbocycles. The molecular formula is C21H25N3O4S. The summed E-state index contributed by atoms with van der Waals surface area (Å²) in [5.74, 6) is -0.554. The van der Waals surface area contributed by atoms with E-state index in [1.54, 1.807) is 0 Å². The Kier molecular flexibility index (Phi) is 6.34. The van der Waals surface area contributed by atoms with E-state index in [2.05, 4.69) is 10.2 Å². The van der Waals surface area contributed by atoms with Crippen LogP contribution in [0.4, 0.5) is 11.4 Å². The van der Waals surface area contributed by atoms with E-state index in [0.29, 0.717) is 11.3 Å². The Bertz CT molecular complexity index is 997. The standard InChI is InChI=1S/C21H25N3O4S/c1-16(25)17-9-11-18(12-10-17)29(27,28)23(2)15-21(26)22-19-7-3-4-8-20(19)24-13-5-6-14-24/h3-4,7-12H,5-6,13-15H2,1-2H3,(H,22,26). The van der Waals surface area contributed by atoms with Gasteiger partial charge in [0.25, 0.3) is 0 Å². The Morgan fingerprint density at radius 2 is 1.66 bits per heavy atom. The number of hydrogen-bond donors (Lipinski definition) is 1. The molecule has 0 bridgehead atoms. The maximum Gasteiger partial charge on any atom is 0.243 e. The lowest BCUT2D eigenvalue weighted by Gasteiger charge is -2.22. The van der Waals surface area contributed by atoms with Crippen LogP contribution in [0.3, 0.4) is 0 Å². The van der Waals surface area contributed by atoms with Crippen molar-refractivity contribution in [2.45, 2.75) is 24.7 Å². The highest BCUT2D eigenvalue weighted by Gasteiger charge is 2.24. The largest absolute Gasteiger partial charge is 0.370 e. The van der Waals surface area contributed by atoms with E-state index in [1.165, 1.54) is 38.2 Å². The molecule has 0 unspecified atom stereocenters. The van der Waals surface area contributed by atoms with E-state index in [1.807, 2.05) is 24.3 Å². The molecule has 29 heavy (non-hydrogen) atoms. The van der Waals surface area contributed by atoms with Crippen molar-refractivity contribution >= 4 is 33.1 Å². The summed E-state index contributed by atoms with van der Waals surface area (Å²) in [6.07, 6.45) is 2.23. The van der Waals surface area contributed by atoms with Gasteiger partial charge in [-0.15, -0.1) is 0 Å². The number of sulfonamides is 1. The number of ketones is 1. The van der Waals surface area contributed by atoms with Crippen LogP contribution in [0.25, 0.3) is 0 Å². The van der Waals surface area contributed by atoms with E-state index in [-0.39, 0.29) is 17.2 Å². The van der Waals surface area contributed by atoms with Crippen molar-refractivity contribution in [3.63, 3.8) is 0 Å². The zero-order valence-electron chi connectivity index (χ0n) is 16.6. The second-order valence-electron chi connectivity index (χ2n) is 7.10. The van der Waals surface area contributed by atoms with Gasteiger partial charge in [0.15, 0.2) is 5.78 Å². The molecule has 0 spiro atoms. The third kappa shape index (κ3) is 4.83. The summed E-state index contributed by atoms with van der Waals surface area (Å²) in [6.45, 7) is 2.99. The molecule has 8 heteroatoms. The summed E-state index contributed by atoms with van der Waals surface area (Å²) in [7, 11) is -2.48. The second-order valence-corrected chi connectivity index (χ2v) is 9.15. The van der Waals surface area contributed by atoms with Gasteiger partial charge in [-0.25, -0.2) is 8.42 Å². The molecule has 1 aliphatic heterocycles. The predicted molar refractivity (Wildman–Crippen MR) is 113 cm³/mol. The van der Waals surface area contributed by atoms with E-state index in [4.69, 9.17) is 0 Å². The number of Topliss-reactive ketones (excluding diaryl/α,β-unsaturated/α-hetero) is 1. The summed E-state index contributed by atoms with van der Waals surface area (Å²) >= 11 is 0. The smallest absolute Gasteiger partial charge is 0.243 e. The van der Waals surface area contributed by atoms with Crippen molar-refractivity contribution in [3.05, 3.63) is 54.1 Å². The van der Waals surface area contributed by atoms with E-state index in [0.717, 1.165) is 35.9 Å². The molecule has 1 amide bonds. The Morgan fingerprint density at radius 3 is 2.28 bits per heavy atom. The lowest BCUT2D eigenvalue weighted by Crippen LogP contribution is -2.35. The molecule has 0 radical (unpaired) electrons. The van der Waals surface area contributed by atoms with Gasteiger partial charge in [0, 0.05) is 25.7 Å². The lowest BCUT2D eigenvalue weighted by atomic mass is 10.2. The van der Waals surface area contributed by atoms with E-state index in [9.17, 15) is 18.0 Å². The zero-order valence-corrected chi connectivity index (χ0v) is 17.4. The van der Waals surface area contributed by atoms with Crippen LogP contribution in [0, 0.1) is 0 Å². The van der Waals surface area contributed by atoms with Crippen molar-refractivity contribution in [2.24, 2.45) is 0 Å². The number of carbonyl (C=O) groups excluding carboxylic acids is 2. The number of anilines is 2. The second kappa shape index (κ2) is 8.75. The highest BCUT2D eigenvalue weighted by atomic mass is 32.2. The molecule has 154 valence electrons. The number of carbonyl (C=O) groups is 2. The van der Waals surface area contributed by atoms with Gasteiger partial charge in [-0.3, -0.25) is 9.59 Å². The molecule has 1 saturated heterocycles. The SMILES string of the molecule is CC(=O)c1ccc(S(=O)(=O)N(C)CC(=O)Nc2ccccc2N2CCCC2)cc1. The molecule has 0 aliphatic carbocycles. The van der Waals surface area contributed by atoms with Gasteiger partial charge in [-0.2, -0.15) is 4.31 Å². The fourth-order valence-corrected chi connectivity index (χ4v) is 4.46. The van der Waals surface area contributed by atoms with Crippen LogP contribution < -0.4 is 10.2 Å². The molecule has 0 saturated carbocycles. The normalized spacial score (nSPS) is 14.2. The first-order valence-electron chi connectivity index (χ1n) is 9.50. The maximum atomic E-state index is 12.7. The number of amides is 1. The minimum absolute atomic E-state index is 0.0373. The van der Waals surface area contributed by atoms with E-state index >= 15 is 0 Å². The first-order valence-corrected chi connectivity index (χ1v) is 10.9. The van der Waals surface area contributed by atoms with Crippen LogP contribution in [0.2, 0.25) is 0 Å². The monoisotopic (exact) mass is 415 g/mol. The van der Waals surface area contributed by atoms with Crippen LogP contribution in [0.15, 0.2) is 53.4 Å². The van der Waals surface area contributed by atoms with Crippen LogP contribution in [-0.4, -0.2) is 51.1 Å². The number of nitrogens with one attached hydrogen (secondary N) is 1. The molecule has 0 aromatic heterocycles. The molecule has 2 aromatic rings. The van der Waals surface area contributed by atoms with Gasteiger partial charge in [-0.1, -0.05) is 24.3 Å². The van der Waals surface area contributed by atoms with E-state index < -0.39 is 15.9 Å². The Balaban J connectivity index is 1.69. The van der Waals surface area contributed by atoms with Crippen molar-refractivity contribution in [1.29, 1.82) is 0 Å². The minimum atomic E-state index is -3.84. The van der Waals surface area contributed by atoms with Gasteiger partial charge < -0.3 is 10.2 Å². The molecule has 7 nitrogen and oxygen atoms in total. The molecule has 1 heterocycles. The van der Waals surface area contributed by atoms with Crippen LogP contribution >= 0.6 is 0 Å². The first kappa shape index (κ1) is 21.0. The number of para-hydroxylation sites is 2. The summed E-state index contributed by atoms with van der Waals surface area (Å²) in [5.41, 5.74) is 2.06. The third-order valence-electron chi connectivity index (χ3n) is 4.96. The Hall–Kier alpha value is -2.71. The van der Waals surface area contributed by atoms with Crippen molar-refractivity contribution in [1.82, 2.24) is 4.31 Å². The van der Waals surface area contributed by atoms with Crippen LogP contribution in [0.1, 0.15) is 30.1 Å². The highest BCUT2D eigenvalue weighted by Crippen LogP contribution is 2.28. The van der Waals surface area contributed by atoms with Crippen LogP contribution in [0.5, 0.6) is 0 Å². The van der Waals surface area contributed by atoms with Gasteiger partial charge in [0.2, 0.25) is 15.9 Å². The average molecular weight is 416 g/mol. The Labute approximate surface area is 171 Å². The molecule has 1 fully saturated rings. The van der Waals surface area contributed by atoms with Gasteiger partial charge >= 0.3 is 0 Å². The zero-order chi connectivity index (χ0) is 21.0. The fraction of sp³-hybridized carbons (Fsp3) is 0.333. The van der Waals surface area contributed by atoms with Crippen LogP contribution in [-0.2, 0) is 14.8 Å². The maximum absolute atomic E-state index is 12.7.